The van der Waals surface area contributed by atoms with Gasteiger partial charge in [-0.1, -0.05) is 41.9 Å². The molecule has 2 aromatic heterocycles. The molecule has 0 amide bonds. The van der Waals surface area contributed by atoms with Crippen LogP contribution in [0.25, 0.3) is 16.8 Å². The SMILES string of the molecule is O=C(O)CCc1ccc(-c2cnn3ccc(Nc4cccc(Cl)c4)nc23)cc1. The first kappa shape index (κ1) is 18.0. The van der Waals surface area contributed by atoms with Gasteiger partial charge in [0.05, 0.1) is 6.20 Å². The van der Waals surface area contributed by atoms with Crippen molar-refractivity contribution in [3.05, 3.63) is 77.6 Å². The summed E-state index contributed by atoms with van der Waals surface area (Å²) in [6.45, 7) is 0. The van der Waals surface area contributed by atoms with Crippen molar-refractivity contribution in [2.75, 3.05) is 5.32 Å². The van der Waals surface area contributed by atoms with Crippen molar-refractivity contribution in [3.8, 4) is 11.1 Å². The fraction of sp³-hybridized carbons (Fsp3) is 0.0952. The molecule has 2 aromatic carbocycles. The predicted octanol–water partition coefficient (Wildman–Crippen LogP) is 4.81. The maximum atomic E-state index is 10.7. The maximum Gasteiger partial charge on any atom is 0.303 e. The first-order valence-electron chi connectivity index (χ1n) is 8.76. The summed E-state index contributed by atoms with van der Waals surface area (Å²) in [5.41, 5.74) is 4.44. The van der Waals surface area contributed by atoms with Gasteiger partial charge in [0.25, 0.3) is 0 Å². The number of rotatable bonds is 6. The van der Waals surface area contributed by atoms with E-state index in [1.54, 1.807) is 10.7 Å². The highest BCUT2D eigenvalue weighted by atomic mass is 35.5. The summed E-state index contributed by atoms with van der Waals surface area (Å²) in [6, 6.07) is 17.1. The van der Waals surface area contributed by atoms with Crippen molar-refractivity contribution in [2.24, 2.45) is 0 Å². The van der Waals surface area contributed by atoms with E-state index >= 15 is 0 Å². The molecule has 2 N–H and O–H groups in total. The summed E-state index contributed by atoms with van der Waals surface area (Å²) in [7, 11) is 0. The zero-order valence-corrected chi connectivity index (χ0v) is 15.6. The molecule has 0 fully saturated rings. The number of aryl methyl sites for hydroxylation is 1. The molecule has 0 saturated carbocycles. The Morgan fingerprint density at radius 2 is 1.96 bits per heavy atom. The summed E-state index contributed by atoms with van der Waals surface area (Å²) in [5.74, 6) is -0.106. The van der Waals surface area contributed by atoms with Gasteiger partial charge in [0.15, 0.2) is 5.65 Å². The predicted molar refractivity (Wildman–Crippen MR) is 109 cm³/mol. The zero-order chi connectivity index (χ0) is 19.5. The van der Waals surface area contributed by atoms with Crippen LogP contribution in [0.15, 0.2) is 67.0 Å². The molecule has 0 aliphatic carbocycles. The Hall–Kier alpha value is -3.38. The number of anilines is 2. The lowest BCUT2D eigenvalue weighted by Crippen LogP contribution is -1.98. The number of nitrogens with one attached hydrogen (secondary N) is 1. The van der Waals surface area contributed by atoms with E-state index in [0.717, 1.165) is 28.0 Å². The Morgan fingerprint density at radius 3 is 2.71 bits per heavy atom. The van der Waals surface area contributed by atoms with Crippen LogP contribution in [0.2, 0.25) is 5.02 Å². The second-order valence-electron chi connectivity index (χ2n) is 6.37. The van der Waals surface area contributed by atoms with Crippen LogP contribution in [-0.2, 0) is 11.2 Å². The topological polar surface area (TPSA) is 79.5 Å². The number of carbonyl (C=O) groups is 1. The van der Waals surface area contributed by atoms with Crippen LogP contribution in [0.1, 0.15) is 12.0 Å². The van der Waals surface area contributed by atoms with Crippen molar-refractivity contribution < 1.29 is 9.90 Å². The molecule has 0 spiro atoms. The number of nitrogens with zero attached hydrogens (tertiary/aromatic N) is 3. The molecular formula is C21H17ClN4O2. The van der Waals surface area contributed by atoms with E-state index in [9.17, 15) is 4.79 Å². The number of carboxylic acid groups (broad SMARTS) is 1. The average Bonchev–Trinajstić information content (AvgIpc) is 3.10. The minimum Gasteiger partial charge on any atom is -0.481 e. The molecule has 0 saturated heterocycles. The smallest absolute Gasteiger partial charge is 0.303 e. The summed E-state index contributed by atoms with van der Waals surface area (Å²) >= 11 is 6.04. The number of carboxylic acids is 1. The van der Waals surface area contributed by atoms with Crippen molar-refractivity contribution in [2.45, 2.75) is 12.8 Å². The molecule has 4 rings (SSSR count). The summed E-state index contributed by atoms with van der Waals surface area (Å²) in [5, 5.41) is 17.1. The van der Waals surface area contributed by atoms with Crippen molar-refractivity contribution in [3.63, 3.8) is 0 Å². The van der Waals surface area contributed by atoms with Gasteiger partial charge >= 0.3 is 5.97 Å². The largest absolute Gasteiger partial charge is 0.481 e. The van der Waals surface area contributed by atoms with Gasteiger partial charge in [0, 0.05) is 28.9 Å². The highest BCUT2D eigenvalue weighted by Crippen LogP contribution is 2.26. The molecule has 6 nitrogen and oxygen atoms in total. The summed E-state index contributed by atoms with van der Waals surface area (Å²) in [4.78, 5) is 15.4. The first-order valence-corrected chi connectivity index (χ1v) is 9.14. The Morgan fingerprint density at radius 1 is 1.14 bits per heavy atom. The summed E-state index contributed by atoms with van der Waals surface area (Å²) in [6.07, 6.45) is 4.25. The molecule has 0 bridgehead atoms. The maximum absolute atomic E-state index is 10.7. The van der Waals surface area contributed by atoms with Crippen LogP contribution in [0.3, 0.4) is 0 Å². The van der Waals surface area contributed by atoms with Gasteiger partial charge in [0.1, 0.15) is 5.82 Å². The Balaban J connectivity index is 1.62. The monoisotopic (exact) mass is 392 g/mol. The van der Waals surface area contributed by atoms with E-state index in [1.165, 1.54) is 0 Å². The minimum absolute atomic E-state index is 0.121. The summed E-state index contributed by atoms with van der Waals surface area (Å²) < 4.78 is 1.72. The number of halogens is 1. The molecular weight excluding hydrogens is 376 g/mol. The number of benzene rings is 2. The lowest BCUT2D eigenvalue weighted by atomic mass is 10.0. The van der Waals surface area contributed by atoms with Gasteiger partial charge in [-0.25, -0.2) is 9.50 Å². The molecule has 0 aliphatic rings. The third-order valence-corrected chi connectivity index (χ3v) is 4.59. The third kappa shape index (κ3) is 3.97. The van der Waals surface area contributed by atoms with Crippen molar-refractivity contribution in [1.82, 2.24) is 14.6 Å². The van der Waals surface area contributed by atoms with Crippen LogP contribution in [0, 0.1) is 0 Å². The van der Waals surface area contributed by atoms with E-state index in [1.807, 2.05) is 60.8 Å². The number of aliphatic carboxylic acids is 1. The van der Waals surface area contributed by atoms with Crippen LogP contribution in [0.5, 0.6) is 0 Å². The number of hydrogen-bond donors (Lipinski definition) is 2. The van der Waals surface area contributed by atoms with Gasteiger partial charge in [-0.2, -0.15) is 5.10 Å². The molecule has 28 heavy (non-hydrogen) atoms. The molecule has 0 atom stereocenters. The first-order chi connectivity index (χ1) is 13.6. The fourth-order valence-corrected chi connectivity index (χ4v) is 3.15. The minimum atomic E-state index is -0.796. The highest BCUT2D eigenvalue weighted by Gasteiger charge is 2.10. The lowest BCUT2D eigenvalue weighted by molar-refractivity contribution is -0.136. The van der Waals surface area contributed by atoms with Crippen LogP contribution in [-0.4, -0.2) is 25.7 Å². The van der Waals surface area contributed by atoms with Gasteiger partial charge in [0.2, 0.25) is 0 Å². The van der Waals surface area contributed by atoms with Crippen LogP contribution in [0.4, 0.5) is 11.5 Å². The van der Waals surface area contributed by atoms with E-state index < -0.39 is 5.97 Å². The van der Waals surface area contributed by atoms with E-state index in [-0.39, 0.29) is 6.42 Å². The average molecular weight is 393 g/mol. The molecule has 7 heteroatoms. The second kappa shape index (κ2) is 7.70. The number of aromatic nitrogens is 3. The molecule has 140 valence electrons. The van der Waals surface area contributed by atoms with Crippen molar-refractivity contribution >= 4 is 34.7 Å². The van der Waals surface area contributed by atoms with E-state index in [2.05, 4.69) is 15.4 Å². The zero-order valence-electron chi connectivity index (χ0n) is 14.8. The fourth-order valence-electron chi connectivity index (χ4n) is 2.96. The van der Waals surface area contributed by atoms with Crippen LogP contribution >= 0.6 is 11.6 Å². The van der Waals surface area contributed by atoms with Gasteiger partial charge < -0.3 is 10.4 Å². The Bertz CT molecular complexity index is 1140. The van der Waals surface area contributed by atoms with Crippen molar-refractivity contribution in [1.29, 1.82) is 0 Å². The highest BCUT2D eigenvalue weighted by molar-refractivity contribution is 6.30. The van der Waals surface area contributed by atoms with Gasteiger partial charge in [-0.3, -0.25) is 4.79 Å². The molecule has 0 radical (unpaired) electrons. The molecule has 4 aromatic rings. The van der Waals surface area contributed by atoms with Gasteiger partial charge in [-0.15, -0.1) is 0 Å². The van der Waals surface area contributed by atoms with Crippen LogP contribution < -0.4 is 5.32 Å². The quantitative estimate of drug-likeness (QED) is 0.492. The van der Waals surface area contributed by atoms with E-state index in [0.29, 0.717) is 17.3 Å². The van der Waals surface area contributed by atoms with E-state index in [4.69, 9.17) is 16.7 Å². The Kier molecular flexibility index (Phi) is 4.95. The third-order valence-electron chi connectivity index (χ3n) is 4.36. The number of fused-ring (bicyclic) bond motifs is 1. The normalized spacial score (nSPS) is 10.9. The van der Waals surface area contributed by atoms with Gasteiger partial charge in [-0.05, 0) is 41.8 Å². The molecule has 2 heterocycles. The Labute approximate surface area is 166 Å². The number of hydrogen-bond acceptors (Lipinski definition) is 4. The molecule has 0 aliphatic heterocycles. The lowest BCUT2D eigenvalue weighted by Gasteiger charge is -2.07. The standard InChI is InChI=1S/C21H17ClN4O2/c22-16-2-1-3-17(12-16)24-19-10-11-26-21(25-19)18(13-23-26)15-7-4-14(5-8-15)6-9-20(27)28/h1-5,7-8,10-13H,6,9H2,(H,24,25)(H,27,28). The second-order valence-corrected chi connectivity index (χ2v) is 6.80. The molecule has 0 unspecified atom stereocenters.